The van der Waals surface area contributed by atoms with E-state index in [4.69, 9.17) is 37.0 Å². The molecule has 0 heterocycles. The molecule has 0 aliphatic rings. The molecule has 564 valence electrons. The first-order valence-corrected chi connectivity index (χ1v) is 42.4. The second-order valence-electron chi connectivity index (χ2n) is 28.6. The summed E-state index contributed by atoms with van der Waals surface area (Å²) in [5.41, 5.74) is 0. The lowest BCUT2D eigenvalue weighted by Gasteiger charge is -2.21. The zero-order valence-corrected chi connectivity index (χ0v) is 63.9. The van der Waals surface area contributed by atoms with Crippen LogP contribution in [0, 0.1) is 17.8 Å². The van der Waals surface area contributed by atoms with Crippen LogP contribution >= 0.6 is 15.6 Å². The molecule has 0 fully saturated rings. The third kappa shape index (κ3) is 69.0. The summed E-state index contributed by atoms with van der Waals surface area (Å²) in [7, 11) is -9.91. The quantitative estimate of drug-likeness (QED) is 0.0222. The number of rotatable bonds is 74. The highest BCUT2D eigenvalue weighted by Crippen LogP contribution is 2.45. The van der Waals surface area contributed by atoms with Gasteiger partial charge in [0.1, 0.15) is 19.3 Å². The predicted molar refractivity (Wildman–Crippen MR) is 386 cm³/mol. The average Bonchev–Trinajstić information content (AvgIpc) is 1.38. The lowest BCUT2D eigenvalue weighted by atomic mass is 9.99. The molecule has 0 aliphatic heterocycles. The second kappa shape index (κ2) is 66.6. The van der Waals surface area contributed by atoms with E-state index < -0.39 is 97.5 Å². The molecule has 0 amide bonds. The van der Waals surface area contributed by atoms with E-state index in [9.17, 15) is 43.2 Å². The van der Waals surface area contributed by atoms with Crippen molar-refractivity contribution in [3.05, 3.63) is 0 Å². The molecule has 17 nitrogen and oxygen atoms in total. The van der Waals surface area contributed by atoms with Gasteiger partial charge >= 0.3 is 39.5 Å². The molecule has 0 aromatic rings. The maximum Gasteiger partial charge on any atom is 0.472 e. The highest BCUT2D eigenvalue weighted by molar-refractivity contribution is 7.47. The summed E-state index contributed by atoms with van der Waals surface area (Å²) in [6, 6.07) is 0. The first-order chi connectivity index (χ1) is 45.8. The highest BCUT2D eigenvalue weighted by atomic mass is 31.2. The van der Waals surface area contributed by atoms with Crippen molar-refractivity contribution in [1.29, 1.82) is 0 Å². The van der Waals surface area contributed by atoms with E-state index >= 15 is 0 Å². The number of aliphatic hydroxyl groups is 1. The Balaban J connectivity index is 5.24. The monoisotopic (exact) mass is 1400 g/mol. The second-order valence-corrected chi connectivity index (χ2v) is 31.5. The van der Waals surface area contributed by atoms with Crippen LogP contribution < -0.4 is 0 Å². The van der Waals surface area contributed by atoms with Crippen LogP contribution in [-0.2, 0) is 65.4 Å². The predicted octanol–water partition coefficient (Wildman–Crippen LogP) is 22.2. The number of unbranched alkanes of at least 4 members (excludes halogenated alkanes) is 41. The minimum absolute atomic E-state index is 0.105. The minimum atomic E-state index is -4.96. The van der Waals surface area contributed by atoms with Gasteiger partial charge < -0.3 is 33.8 Å². The average molecular weight is 1400 g/mol. The van der Waals surface area contributed by atoms with Crippen LogP contribution in [0.5, 0.6) is 0 Å². The molecule has 0 aromatic heterocycles. The third-order valence-corrected chi connectivity index (χ3v) is 19.9. The van der Waals surface area contributed by atoms with Crippen molar-refractivity contribution in [2.45, 2.75) is 407 Å². The Kier molecular flexibility index (Phi) is 65.2. The first-order valence-electron chi connectivity index (χ1n) is 39.4. The number of phosphoric acid groups is 2. The number of hydrogen-bond acceptors (Lipinski definition) is 15. The van der Waals surface area contributed by atoms with E-state index in [0.717, 1.165) is 108 Å². The molecule has 0 spiro atoms. The van der Waals surface area contributed by atoms with Gasteiger partial charge in [0.05, 0.1) is 26.4 Å². The van der Waals surface area contributed by atoms with Gasteiger partial charge in [-0.2, -0.15) is 0 Å². The molecule has 0 saturated heterocycles. The summed E-state index contributed by atoms with van der Waals surface area (Å²) in [6.45, 7) is 11.9. The number of esters is 4. The summed E-state index contributed by atoms with van der Waals surface area (Å²) >= 11 is 0. The van der Waals surface area contributed by atoms with E-state index in [2.05, 4.69) is 48.5 Å². The van der Waals surface area contributed by atoms with Crippen molar-refractivity contribution in [2.24, 2.45) is 17.8 Å². The van der Waals surface area contributed by atoms with Crippen LogP contribution in [0.25, 0.3) is 0 Å². The molecule has 0 aromatic carbocycles. The van der Waals surface area contributed by atoms with Gasteiger partial charge in [0, 0.05) is 25.7 Å². The van der Waals surface area contributed by atoms with Crippen LogP contribution in [0.15, 0.2) is 0 Å². The maximum atomic E-state index is 13.1. The van der Waals surface area contributed by atoms with E-state index in [-0.39, 0.29) is 25.7 Å². The fourth-order valence-electron chi connectivity index (χ4n) is 11.6. The Morgan fingerprint density at radius 1 is 0.305 bits per heavy atom. The molecule has 19 heteroatoms. The minimum Gasteiger partial charge on any atom is -0.462 e. The Morgan fingerprint density at radius 2 is 0.537 bits per heavy atom. The number of carbonyl (C=O) groups excluding carboxylic acids is 4. The summed E-state index contributed by atoms with van der Waals surface area (Å²) in [6.07, 6.45) is 52.6. The van der Waals surface area contributed by atoms with Gasteiger partial charge in [-0.25, -0.2) is 9.13 Å². The molecule has 3 unspecified atom stereocenters. The summed E-state index contributed by atoms with van der Waals surface area (Å²) in [4.78, 5) is 72.8. The molecule has 0 radical (unpaired) electrons. The van der Waals surface area contributed by atoms with Gasteiger partial charge in [0.15, 0.2) is 12.2 Å². The van der Waals surface area contributed by atoms with Gasteiger partial charge in [-0.05, 0) is 43.4 Å². The van der Waals surface area contributed by atoms with Crippen LogP contribution in [0.3, 0.4) is 0 Å². The number of phosphoric ester groups is 2. The van der Waals surface area contributed by atoms with Crippen molar-refractivity contribution < 1.29 is 80.2 Å². The Hall–Kier alpha value is -1.94. The van der Waals surface area contributed by atoms with Gasteiger partial charge in [-0.1, -0.05) is 337 Å². The molecule has 95 heavy (non-hydrogen) atoms. The SMILES string of the molecule is CCCCCCCCCCCCC(=O)OC[C@H](COP(=O)(O)OC[C@H](O)COP(=O)(O)OC[C@@H](COC(=O)CCCCCCCCCCCCC(C)CC)OC(=O)CCCCCCCCCCCCCCCCCCC(C)C)OC(=O)CCCCCCCCCCCC(C)C. The standard InChI is InChI=1S/C76H148O17P2/c1-8-10-11-12-13-14-29-36-43-50-57-73(78)86-63-72(93-76(81)60-53-46-39-32-25-27-34-41-48-55-68(5)6)66-91-95(84,85)89-62-70(77)61-88-94(82,83)90-65-71(64-87-74(79)58-51-44-37-30-24-23-28-35-42-49-56-69(7)9-2)92-75(80)59-52-45-38-31-22-20-18-16-15-17-19-21-26-33-40-47-54-67(3)4/h67-72,77H,8-66H2,1-7H3,(H,82,83)(H,84,85)/t69?,70-,71-,72-/m1/s1. The lowest BCUT2D eigenvalue weighted by molar-refractivity contribution is -0.161. The van der Waals surface area contributed by atoms with Crippen LogP contribution in [0.2, 0.25) is 0 Å². The molecule has 0 aliphatic carbocycles. The summed E-state index contributed by atoms with van der Waals surface area (Å²) < 4.78 is 68.5. The maximum absolute atomic E-state index is 13.1. The molecular formula is C76H148O17P2. The highest BCUT2D eigenvalue weighted by Gasteiger charge is 2.30. The number of carbonyl (C=O) groups is 4. The topological polar surface area (TPSA) is 237 Å². The number of hydrogen-bond donors (Lipinski definition) is 3. The normalized spacial score (nSPS) is 14.4. The van der Waals surface area contributed by atoms with E-state index in [1.54, 1.807) is 0 Å². The van der Waals surface area contributed by atoms with Gasteiger partial charge in [0.25, 0.3) is 0 Å². The van der Waals surface area contributed by atoms with Crippen molar-refractivity contribution in [1.82, 2.24) is 0 Å². The Morgan fingerprint density at radius 3 is 0.800 bits per heavy atom. The van der Waals surface area contributed by atoms with Gasteiger partial charge in [-0.15, -0.1) is 0 Å². The molecule has 3 N–H and O–H groups in total. The van der Waals surface area contributed by atoms with Gasteiger partial charge in [-0.3, -0.25) is 37.3 Å². The van der Waals surface area contributed by atoms with E-state index in [1.807, 2.05) is 0 Å². The zero-order valence-electron chi connectivity index (χ0n) is 62.1. The first kappa shape index (κ1) is 93.1. The molecule has 0 saturated carbocycles. The fraction of sp³-hybridized carbons (Fsp3) is 0.947. The Bertz CT molecular complexity index is 1850. The van der Waals surface area contributed by atoms with Crippen LogP contribution in [-0.4, -0.2) is 96.7 Å². The van der Waals surface area contributed by atoms with Crippen molar-refractivity contribution in [3.8, 4) is 0 Å². The zero-order chi connectivity index (χ0) is 70.1. The van der Waals surface area contributed by atoms with E-state index in [1.165, 1.54) is 199 Å². The summed E-state index contributed by atoms with van der Waals surface area (Å²) in [5, 5.41) is 10.6. The van der Waals surface area contributed by atoms with Crippen molar-refractivity contribution in [2.75, 3.05) is 39.6 Å². The largest absolute Gasteiger partial charge is 0.472 e. The van der Waals surface area contributed by atoms with Gasteiger partial charge in [0.2, 0.25) is 0 Å². The molecule has 6 atom stereocenters. The number of aliphatic hydroxyl groups excluding tert-OH is 1. The summed E-state index contributed by atoms with van der Waals surface area (Å²) in [5.74, 6) is 0.237. The smallest absolute Gasteiger partial charge is 0.462 e. The molecule has 0 rings (SSSR count). The van der Waals surface area contributed by atoms with E-state index in [0.29, 0.717) is 25.7 Å². The fourth-order valence-corrected chi connectivity index (χ4v) is 13.1. The van der Waals surface area contributed by atoms with Crippen LogP contribution in [0.1, 0.15) is 389 Å². The molecular weight excluding hydrogens is 1250 g/mol. The molecule has 0 bridgehead atoms. The lowest BCUT2D eigenvalue weighted by Crippen LogP contribution is -2.30. The van der Waals surface area contributed by atoms with Crippen LogP contribution in [0.4, 0.5) is 0 Å². The Labute approximate surface area is 581 Å². The van der Waals surface area contributed by atoms with Crippen molar-refractivity contribution >= 4 is 39.5 Å². The number of ether oxygens (including phenoxy) is 4. The van der Waals surface area contributed by atoms with Crippen molar-refractivity contribution in [3.63, 3.8) is 0 Å². The third-order valence-electron chi connectivity index (χ3n) is 18.0.